The molecule has 1 aliphatic rings. The third-order valence-corrected chi connectivity index (χ3v) is 7.16. The molecule has 11 heteroatoms. The number of hydrogen-bond donors (Lipinski definition) is 2. The number of amides is 1. The summed E-state index contributed by atoms with van der Waals surface area (Å²) in [4.78, 5) is 30.6. The fraction of sp³-hybridized carbons (Fsp3) is 0.172. The molecule has 2 aromatic carbocycles. The van der Waals surface area contributed by atoms with Gasteiger partial charge in [-0.2, -0.15) is 0 Å². The average Bonchev–Trinajstić information content (AvgIpc) is 3.58. The molecular formula is C29H26ClN5O4S. The Morgan fingerprint density at radius 1 is 1.05 bits per heavy atom. The van der Waals surface area contributed by atoms with Crippen molar-refractivity contribution in [2.24, 2.45) is 0 Å². The van der Waals surface area contributed by atoms with Gasteiger partial charge in [0.05, 0.1) is 35.1 Å². The molecule has 3 heterocycles. The number of nitrogens with zero attached hydrogens (tertiary/aromatic N) is 3. The highest BCUT2D eigenvalue weighted by Gasteiger charge is 2.42. The normalized spacial score (nSPS) is 16.5. The first kappa shape index (κ1) is 27.3. The quantitative estimate of drug-likeness (QED) is 0.222. The first-order valence-corrected chi connectivity index (χ1v) is 13.1. The second-order valence-corrected chi connectivity index (χ2v) is 9.78. The maximum Gasteiger partial charge on any atom is 0.337 e. The van der Waals surface area contributed by atoms with Gasteiger partial charge in [0.25, 0.3) is 0 Å². The number of thiocarbonyl (C=S) groups is 1. The molecule has 0 spiro atoms. The van der Waals surface area contributed by atoms with Gasteiger partial charge in [-0.1, -0.05) is 17.7 Å². The number of carbonyl (C=O) groups excluding carboxylic acids is 2. The van der Waals surface area contributed by atoms with E-state index in [0.29, 0.717) is 21.4 Å². The minimum absolute atomic E-state index is 0.0797. The number of pyridine rings is 1. The topological polar surface area (TPSA) is 97.7 Å². The maximum atomic E-state index is 12.0. The van der Waals surface area contributed by atoms with Crippen LogP contribution in [0, 0.1) is 0 Å². The summed E-state index contributed by atoms with van der Waals surface area (Å²) in [5.74, 6) is -0.704. The van der Waals surface area contributed by atoms with Gasteiger partial charge >= 0.3 is 5.97 Å². The molecule has 1 amide bonds. The van der Waals surface area contributed by atoms with Crippen molar-refractivity contribution in [2.75, 3.05) is 31.0 Å². The lowest BCUT2D eigenvalue weighted by Crippen LogP contribution is -2.30. The molecule has 1 aliphatic heterocycles. The number of anilines is 2. The first-order chi connectivity index (χ1) is 19.4. The highest BCUT2D eigenvalue weighted by molar-refractivity contribution is 7.80. The fourth-order valence-corrected chi connectivity index (χ4v) is 5.32. The van der Waals surface area contributed by atoms with Gasteiger partial charge in [-0.3, -0.25) is 9.78 Å². The summed E-state index contributed by atoms with van der Waals surface area (Å²) in [6.07, 6.45) is 3.71. The lowest BCUT2D eigenvalue weighted by Gasteiger charge is -2.29. The van der Waals surface area contributed by atoms with Crippen LogP contribution < -0.4 is 15.5 Å². The van der Waals surface area contributed by atoms with Gasteiger partial charge in [-0.15, -0.1) is 0 Å². The van der Waals surface area contributed by atoms with Crippen LogP contribution >= 0.6 is 23.8 Å². The first-order valence-electron chi connectivity index (χ1n) is 12.4. The highest BCUT2D eigenvalue weighted by atomic mass is 35.5. The van der Waals surface area contributed by atoms with Crippen LogP contribution in [0.5, 0.6) is 0 Å². The number of nitrogens with one attached hydrogen (secondary N) is 2. The minimum atomic E-state index is -0.398. The summed E-state index contributed by atoms with van der Waals surface area (Å²) in [6, 6.07) is 21.7. The van der Waals surface area contributed by atoms with E-state index in [0.717, 1.165) is 22.8 Å². The predicted octanol–water partition coefficient (Wildman–Crippen LogP) is 5.07. The molecule has 204 valence electrons. The average molecular weight is 576 g/mol. The monoisotopic (exact) mass is 575 g/mol. The molecule has 0 radical (unpaired) electrons. The Hall–Kier alpha value is -4.25. The zero-order valence-electron chi connectivity index (χ0n) is 21.7. The van der Waals surface area contributed by atoms with Crippen molar-refractivity contribution in [3.05, 3.63) is 107 Å². The van der Waals surface area contributed by atoms with Crippen molar-refractivity contribution < 1.29 is 19.1 Å². The molecule has 0 unspecified atom stereocenters. The van der Waals surface area contributed by atoms with Crippen LogP contribution in [0.15, 0.2) is 85.2 Å². The lowest BCUT2D eigenvalue weighted by molar-refractivity contribution is -0.119. The van der Waals surface area contributed by atoms with Crippen molar-refractivity contribution in [3.63, 3.8) is 0 Å². The number of carbonyl (C=O) groups is 2. The van der Waals surface area contributed by atoms with Crippen LogP contribution in [-0.2, 0) is 14.3 Å². The predicted molar refractivity (Wildman–Crippen MR) is 157 cm³/mol. The molecule has 1 saturated heterocycles. The third kappa shape index (κ3) is 5.42. The number of ether oxygens (including phenoxy) is 2. The standard InChI is InChI=1S/C29H26ClN5O4S/c1-38-17-25(36)32-22-13-12-20(16-21(22)30)35-27(26(33-29(35)40)23-6-3-4-14-31-23)24-7-5-15-34(24)19-10-8-18(9-11-19)28(37)39-2/h3-16,26-27H,17H2,1-2H3,(H,32,36)(H,33,40)/t26-,27+/m1/s1. The van der Waals surface area contributed by atoms with E-state index in [4.69, 9.17) is 33.3 Å². The Labute approximate surface area is 241 Å². The van der Waals surface area contributed by atoms with Crippen LogP contribution in [-0.4, -0.2) is 47.4 Å². The number of benzene rings is 2. The zero-order valence-corrected chi connectivity index (χ0v) is 23.3. The van der Waals surface area contributed by atoms with Gasteiger partial charge < -0.3 is 29.6 Å². The highest BCUT2D eigenvalue weighted by Crippen LogP contribution is 2.43. The van der Waals surface area contributed by atoms with Crippen molar-refractivity contribution in [3.8, 4) is 5.69 Å². The van der Waals surface area contributed by atoms with E-state index in [1.807, 2.05) is 64.2 Å². The number of halogens is 1. The zero-order chi connectivity index (χ0) is 28.2. The summed E-state index contributed by atoms with van der Waals surface area (Å²) in [6.45, 7) is -0.0797. The van der Waals surface area contributed by atoms with Gasteiger partial charge in [0.1, 0.15) is 12.6 Å². The number of hydrogen-bond acceptors (Lipinski definition) is 6. The molecule has 0 aliphatic carbocycles. The molecule has 5 rings (SSSR count). The Bertz CT molecular complexity index is 1540. The Balaban J connectivity index is 1.57. The molecule has 2 N–H and O–H groups in total. The van der Waals surface area contributed by atoms with Crippen molar-refractivity contribution >= 4 is 52.2 Å². The molecule has 0 bridgehead atoms. The van der Waals surface area contributed by atoms with E-state index in [9.17, 15) is 9.59 Å². The smallest absolute Gasteiger partial charge is 0.337 e. The van der Waals surface area contributed by atoms with Crippen molar-refractivity contribution in [2.45, 2.75) is 12.1 Å². The second-order valence-electron chi connectivity index (χ2n) is 8.98. The number of esters is 1. The summed E-state index contributed by atoms with van der Waals surface area (Å²) < 4.78 is 11.8. The van der Waals surface area contributed by atoms with E-state index in [-0.39, 0.29) is 24.6 Å². The number of aromatic nitrogens is 2. The molecule has 0 saturated carbocycles. The Kier molecular flexibility index (Phi) is 8.11. The fourth-order valence-electron chi connectivity index (χ4n) is 4.75. The molecule has 4 aromatic rings. The van der Waals surface area contributed by atoms with Gasteiger partial charge in [0, 0.05) is 36.6 Å². The van der Waals surface area contributed by atoms with Crippen molar-refractivity contribution in [1.82, 2.24) is 14.9 Å². The van der Waals surface area contributed by atoms with Gasteiger partial charge in [0.15, 0.2) is 5.11 Å². The van der Waals surface area contributed by atoms with Crippen LogP contribution in [0.25, 0.3) is 5.69 Å². The number of rotatable bonds is 8. The maximum absolute atomic E-state index is 12.0. The summed E-state index contributed by atoms with van der Waals surface area (Å²) >= 11 is 12.5. The van der Waals surface area contributed by atoms with E-state index in [1.54, 1.807) is 30.5 Å². The summed E-state index contributed by atoms with van der Waals surface area (Å²) in [5, 5.41) is 7.05. The van der Waals surface area contributed by atoms with Crippen molar-refractivity contribution in [1.29, 1.82) is 0 Å². The van der Waals surface area contributed by atoms with Gasteiger partial charge in [0.2, 0.25) is 5.91 Å². The molecule has 1 fully saturated rings. The molecule has 9 nitrogen and oxygen atoms in total. The third-order valence-electron chi connectivity index (χ3n) is 6.53. The van der Waals surface area contributed by atoms with E-state index < -0.39 is 5.97 Å². The number of methoxy groups -OCH3 is 2. The van der Waals surface area contributed by atoms with E-state index >= 15 is 0 Å². The van der Waals surface area contributed by atoms with E-state index in [2.05, 4.69) is 15.6 Å². The van der Waals surface area contributed by atoms with Crippen LogP contribution in [0.2, 0.25) is 5.02 Å². The summed E-state index contributed by atoms with van der Waals surface area (Å²) in [7, 11) is 2.81. The van der Waals surface area contributed by atoms with Crippen LogP contribution in [0.4, 0.5) is 11.4 Å². The van der Waals surface area contributed by atoms with E-state index in [1.165, 1.54) is 14.2 Å². The lowest BCUT2D eigenvalue weighted by atomic mass is 10.0. The molecule has 40 heavy (non-hydrogen) atoms. The largest absolute Gasteiger partial charge is 0.465 e. The Morgan fingerprint density at radius 3 is 2.50 bits per heavy atom. The van der Waals surface area contributed by atoms with Gasteiger partial charge in [-0.05, 0) is 78.9 Å². The molecule has 2 atom stereocenters. The minimum Gasteiger partial charge on any atom is -0.465 e. The summed E-state index contributed by atoms with van der Waals surface area (Å²) in [5.41, 5.74) is 4.29. The van der Waals surface area contributed by atoms with Crippen LogP contribution in [0.3, 0.4) is 0 Å². The second kappa shape index (κ2) is 11.9. The Morgan fingerprint density at radius 2 is 1.82 bits per heavy atom. The van der Waals surface area contributed by atoms with Crippen LogP contribution in [0.1, 0.15) is 33.8 Å². The SMILES string of the molecule is COCC(=O)Nc1ccc(N2C(=S)N[C@H](c3ccccn3)[C@@H]2c2cccn2-c2ccc(C(=O)OC)cc2)cc1Cl. The molecular weight excluding hydrogens is 550 g/mol. The van der Waals surface area contributed by atoms with Gasteiger partial charge in [-0.25, -0.2) is 4.79 Å². The molecule has 2 aromatic heterocycles.